The van der Waals surface area contributed by atoms with E-state index in [1.54, 1.807) is 0 Å². The molecule has 0 fully saturated rings. The fourth-order valence-electron chi connectivity index (χ4n) is 1.36. The molecule has 78 valence electrons. The van der Waals surface area contributed by atoms with Gasteiger partial charge in [0, 0.05) is 11.6 Å². The van der Waals surface area contributed by atoms with E-state index in [-0.39, 0.29) is 16.3 Å². The third-order valence-corrected chi connectivity index (χ3v) is 2.39. The maximum Gasteiger partial charge on any atom is 0.141 e. The van der Waals surface area contributed by atoms with Crippen LogP contribution >= 0.6 is 11.6 Å². The van der Waals surface area contributed by atoms with E-state index < -0.39 is 11.9 Å². The first-order chi connectivity index (χ1) is 6.57. The Hall–Kier alpha value is -0.800. The summed E-state index contributed by atoms with van der Waals surface area (Å²) in [4.78, 5) is 0. The Balaban J connectivity index is 3.11. The summed E-state index contributed by atoms with van der Waals surface area (Å²) in [5.41, 5.74) is 5.83. The molecule has 14 heavy (non-hydrogen) atoms. The largest absolute Gasteiger partial charge is 0.506 e. The molecule has 0 heterocycles. The monoisotopic (exact) mass is 217 g/mol. The summed E-state index contributed by atoms with van der Waals surface area (Å²) < 4.78 is 13.3. The van der Waals surface area contributed by atoms with Gasteiger partial charge < -0.3 is 10.8 Å². The number of hydrogen-bond donors (Lipinski definition) is 2. The second-order valence-electron chi connectivity index (χ2n) is 3.19. The molecule has 1 atom stereocenters. The van der Waals surface area contributed by atoms with Crippen molar-refractivity contribution in [3.8, 4) is 5.75 Å². The molecule has 0 bridgehead atoms. The van der Waals surface area contributed by atoms with E-state index in [1.807, 2.05) is 6.92 Å². The van der Waals surface area contributed by atoms with Crippen LogP contribution in [0.4, 0.5) is 4.39 Å². The number of nitrogens with two attached hydrogens (primary N) is 1. The van der Waals surface area contributed by atoms with Gasteiger partial charge in [-0.15, -0.1) is 0 Å². The Morgan fingerprint density at radius 3 is 2.79 bits per heavy atom. The lowest BCUT2D eigenvalue weighted by Crippen LogP contribution is -2.12. The maximum absolute atomic E-state index is 13.3. The minimum Gasteiger partial charge on any atom is -0.506 e. The topological polar surface area (TPSA) is 46.2 Å². The average molecular weight is 218 g/mol. The first kappa shape index (κ1) is 11.3. The van der Waals surface area contributed by atoms with Crippen molar-refractivity contribution < 1.29 is 9.50 Å². The maximum atomic E-state index is 13.3. The Kier molecular flexibility index (Phi) is 3.72. The molecule has 0 aromatic heterocycles. The molecule has 4 heteroatoms. The van der Waals surface area contributed by atoms with Crippen LogP contribution in [0.2, 0.25) is 5.02 Å². The zero-order valence-electron chi connectivity index (χ0n) is 7.93. The third-order valence-electron chi connectivity index (χ3n) is 2.09. The van der Waals surface area contributed by atoms with Crippen LogP contribution in [0, 0.1) is 5.82 Å². The van der Waals surface area contributed by atoms with E-state index in [1.165, 1.54) is 12.1 Å². The lowest BCUT2D eigenvalue weighted by molar-refractivity contribution is 0.444. The summed E-state index contributed by atoms with van der Waals surface area (Å²) in [6.07, 6.45) is 1.44. The zero-order chi connectivity index (χ0) is 10.7. The van der Waals surface area contributed by atoms with Crippen LogP contribution < -0.4 is 5.73 Å². The van der Waals surface area contributed by atoms with Crippen molar-refractivity contribution in [1.29, 1.82) is 0 Å². The number of aromatic hydroxyl groups is 1. The molecule has 0 radical (unpaired) electrons. The van der Waals surface area contributed by atoms with Gasteiger partial charge in [0.15, 0.2) is 0 Å². The highest BCUT2D eigenvalue weighted by Crippen LogP contribution is 2.34. The molecule has 0 unspecified atom stereocenters. The normalized spacial score (nSPS) is 12.9. The molecule has 1 aromatic rings. The van der Waals surface area contributed by atoms with Crippen molar-refractivity contribution in [2.75, 3.05) is 0 Å². The third kappa shape index (κ3) is 2.16. The van der Waals surface area contributed by atoms with Crippen LogP contribution in [0.1, 0.15) is 31.4 Å². The highest BCUT2D eigenvalue weighted by atomic mass is 35.5. The van der Waals surface area contributed by atoms with Crippen LogP contribution in [-0.4, -0.2) is 5.11 Å². The lowest BCUT2D eigenvalue weighted by Gasteiger charge is -2.14. The molecule has 0 amide bonds. The Labute approximate surface area is 87.5 Å². The van der Waals surface area contributed by atoms with Gasteiger partial charge in [-0.05, 0) is 18.6 Å². The van der Waals surface area contributed by atoms with Crippen LogP contribution in [0.15, 0.2) is 12.1 Å². The second kappa shape index (κ2) is 4.62. The van der Waals surface area contributed by atoms with Gasteiger partial charge in [-0.2, -0.15) is 0 Å². The summed E-state index contributed by atoms with van der Waals surface area (Å²) in [5.74, 6) is -0.750. The molecular weight excluding hydrogens is 205 g/mol. The van der Waals surface area contributed by atoms with E-state index in [0.717, 1.165) is 6.42 Å². The predicted octanol–water partition coefficient (Wildman–Crippen LogP) is 2.98. The van der Waals surface area contributed by atoms with Gasteiger partial charge >= 0.3 is 0 Å². The highest BCUT2D eigenvalue weighted by Gasteiger charge is 2.17. The molecule has 0 spiro atoms. The van der Waals surface area contributed by atoms with Crippen LogP contribution in [0.25, 0.3) is 0 Å². The molecule has 3 N–H and O–H groups in total. The number of benzene rings is 1. The SMILES string of the molecule is CCC[C@H](N)c1c(F)ccc(Cl)c1O. The molecule has 0 saturated carbocycles. The number of hydrogen-bond acceptors (Lipinski definition) is 2. The smallest absolute Gasteiger partial charge is 0.141 e. The fourth-order valence-corrected chi connectivity index (χ4v) is 1.53. The van der Waals surface area contributed by atoms with Crippen molar-refractivity contribution >= 4 is 11.6 Å². The highest BCUT2D eigenvalue weighted by molar-refractivity contribution is 6.32. The van der Waals surface area contributed by atoms with E-state index in [4.69, 9.17) is 17.3 Å². The quantitative estimate of drug-likeness (QED) is 0.818. The molecule has 0 aliphatic heterocycles. The van der Waals surface area contributed by atoms with Crippen molar-refractivity contribution in [2.24, 2.45) is 5.73 Å². The van der Waals surface area contributed by atoms with Gasteiger partial charge in [-0.25, -0.2) is 4.39 Å². The first-order valence-electron chi connectivity index (χ1n) is 4.50. The number of phenolic OH excluding ortho intramolecular Hbond substituents is 1. The summed E-state index contributed by atoms with van der Waals surface area (Å²) in [6, 6.07) is 2.03. The van der Waals surface area contributed by atoms with Gasteiger partial charge in [0.1, 0.15) is 11.6 Å². The second-order valence-corrected chi connectivity index (χ2v) is 3.59. The summed E-state index contributed by atoms with van der Waals surface area (Å²) in [6.45, 7) is 1.94. The van der Waals surface area contributed by atoms with Crippen molar-refractivity contribution in [3.05, 3.63) is 28.5 Å². The number of rotatable bonds is 3. The standard InChI is InChI=1S/C10H13ClFNO/c1-2-3-8(13)9-7(12)5-4-6(11)10(9)14/h4-5,8,14H,2-3,13H2,1H3/t8-/m0/s1. The summed E-state index contributed by atoms with van der Waals surface area (Å²) in [7, 11) is 0. The zero-order valence-corrected chi connectivity index (χ0v) is 8.68. The van der Waals surface area contributed by atoms with E-state index in [9.17, 15) is 9.50 Å². The molecule has 0 aliphatic rings. The molecule has 1 rings (SSSR count). The summed E-state index contributed by atoms with van der Waals surface area (Å²) in [5, 5.41) is 9.66. The van der Waals surface area contributed by atoms with Crippen molar-refractivity contribution in [2.45, 2.75) is 25.8 Å². The Morgan fingerprint density at radius 2 is 2.21 bits per heavy atom. The first-order valence-corrected chi connectivity index (χ1v) is 4.88. The number of halogens is 2. The molecule has 0 saturated heterocycles. The van der Waals surface area contributed by atoms with Crippen LogP contribution in [0.5, 0.6) is 5.75 Å². The fraction of sp³-hybridized carbons (Fsp3) is 0.400. The van der Waals surface area contributed by atoms with Gasteiger partial charge in [0.25, 0.3) is 0 Å². The van der Waals surface area contributed by atoms with Crippen LogP contribution in [-0.2, 0) is 0 Å². The average Bonchev–Trinajstić information content (AvgIpc) is 2.13. The predicted molar refractivity (Wildman–Crippen MR) is 54.9 cm³/mol. The molecule has 0 aliphatic carbocycles. The van der Waals surface area contributed by atoms with Gasteiger partial charge in [0.05, 0.1) is 5.02 Å². The molecule has 1 aromatic carbocycles. The Bertz CT molecular complexity index is 330. The minimum atomic E-state index is -0.507. The lowest BCUT2D eigenvalue weighted by atomic mass is 10.0. The van der Waals surface area contributed by atoms with Gasteiger partial charge in [-0.3, -0.25) is 0 Å². The van der Waals surface area contributed by atoms with Crippen LogP contribution in [0.3, 0.4) is 0 Å². The number of phenols is 1. The summed E-state index contributed by atoms with van der Waals surface area (Å²) >= 11 is 5.66. The molecular formula is C10H13ClFNO. The van der Waals surface area contributed by atoms with E-state index in [2.05, 4.69) is 0 Å². The van der Waals surface area contributed by atoms with Crippen molar-refractivity contribution in [3.63, 3.8) is 0 Å². The van der Waals surface area contributed by atoms with E-state index >= 15 is 0 Å². The molecule has 2 nitrogen and oxygen atoms in total. The minimum absolute atomic E-state index is 0.111. The van der Waals surface area contributed by atoms with Gasteiger partial charge in [0.2, 0.25) is 0 Å². The van der Waals surface area contributed by atoms with Gasteiger partial charge in [-0.1, -0.05) is 24.9 Å². The van der Waals surface area contributed by atoms with Crippen molar-refractivity contribution in [1.82, 2.24) is 0 Å². The van der Waals surface area contributed by atoms with E-state index in [0.29, 0.717) is 6.42 Å². The Morgan fingerprint density at radius 1 is 1.57 bits per heavy atom.